The van der Waals surface area contributed by atoms with E-state index in [9.17, 15) is 4.79 Å². The van der Waals surface area contributed by atoms with Crippen LogP contribution in [0.5, 0.6) is 11.5 Å². The fraction of sp³-hybridized carbons (Fsp3) is 0.192. The summed E-state index contributed by atoms with van der Waals surface area (Å²) in [7, 11) is 0. The molecule has 0 aliphatic carbocycles. The Balaban J connectivity index is 1.58. The number of nitrogens with zero attached hydrogens (tertiary/aromatic N) is 1. The summed E-state index contributed by atoms with van der Waals surface area (Å²) in [5.74, 6) is 1.65. The van der Waals surface area contributed by atoms with Gasteiger partial charge in [-0.3, -0.25) is 0 Å². The van der Waals surface area contributed by atoms with Gasteiger partial charge >= 0.3 is 5.63 Å². The minimum Gasteiger partial charge on any atom is -0.494 e. The summed E-state index contributed by atoms with van der Waals surface area (Å²) in [5, 5.41) is 0.916. The minimum absolute atomic E-state index is 0.360. The molecule has 5 rings (SSSR count). The van der Waals surface area contributed by atoms with Gasteiger partial charge in [0.05, 0.1) is 6.61 Å². The molecule has 1 aliphatic heterocycles. The van der Waals surface area contributed by atoms with E-state index >= 15 is 0 Å². The zero-order chi connectivity index (χ0) is 21.4. The van der Waals surface area contributed by atoms with Crippen LogP contribution in [0.15, 0.2) is 75.9 Å². The SMILES string of the molecule is CCOc1ccc(N2COc3c(cc4c(-c5ccccc5)cc(=O)oc4c3C)C2)cc1. The van der Waals surface area contributed by atoms with Crippen molar-refractivity contribution in [1.29, 1.82) is 0 Å². The lowest BCUT2D eigenvalue weighted by molar-refractivity contribution is 0.287. The van der Waals surface area contributed by atoms with Gasteiger partial charge in [-0.25, -0.2) is 4.79 Å². The lowest BCUT2D eigenvalue weighted by Gasteiger charge is -2.32. The Morgan fingerprint density at radius 3 is 2.55 bits per heavy atom. The van der Waals surface area contributed by atoms with Gasteiger partial charge in [0.2, 0.25) is 0 Å². The fourth-order valence-electron chi connectivity index (χ4n) is 4.16. The van der Waals surface area contributed by atoms with Crippen molar-refractivity contribution in [3.63, 3.8) is 0 Å². The van der Waals surface area contributed by atoms with Crippen LogP contribution in [0.4, 0.5) is 5.69 Å². The summed E-state index contributed by atoms with van der Waals surface area (Å²) in [6.45, 7) is 5.70. The molecule has 31 heavy (non-hydrogen) atoms. The molecule has 0 spiro atoms. The molecule has 2 heterocycles. The molecule has 0 radical (unpaired) electrons. The van der Waals surface area contributed by atoms with Crippen LogP contribution in [0.1, 0.15) is 18.1 Å². The standard InChI is InChI=1S/C26H23NO4/c1-3-29-21-11-9-20(10-12-21)27-15-19-13-23-22(18-7-5-4-6-8-18)14-24(28)31-26(23)17(2)25(19)30-16-27/h4-14H,3,15-16H2,1-2H3. The first-order chi connectivity index (χ1) is 15.1. The maximum Gasteiger partial charge on any atom is 0.336 e. The molecule has 0 fully saturated rings. The van der Waals surface area contributed by atoms with E-state index in [0.717, 1.165) is 44.8 Å². The monoisotopic (exact) mass is 413 g/mol. The third-order valence-corrected chi connectivity index (χ3v) is 5.61. The van der Waals surface area contributed by atoms with Gasteiger partial charge in [-0.15, -0.1) is 0 Å². The summed E-state index contributed by atoms with van der Waals surface area (Å²) in [5.41, 5.74) is 5.07. The van der Waals surface area contributed by atoms with Crippen LogP contribution < -0.4 is 20.0 Å². The molecule has 1 aliphatic rings. The normalized spacial score (nSPS) is 13.0. The predicted octanol–water partition coefficient (Wildman–Crippen LogP) is 5.52. The number of benzene rings is 3. The van der Waals surface area contributed by atoms with Gasteiger partial charge in [0.1, 0.15) is 17.1 Å². The molecular formula is C26H23NO4. The summed E-state index contributed by atoms with van der Waals surface area (Å²) in [6, 6.07) is 21.6. The van der Waals surface area contributed by atoms with E-state index in [1.54, 1.807) is 6.07 Å². The van der Waals surface area contributed by atoms with Crippen LogP contribution in [0.3, 0.4) is 0 Å². The van der Waals surface area contributed by atoms with E-state index < -0.39 is 0 Å². The molecule has 4 aromatic rings. The molecule has 0 saturated heterocycles. The number of fused-ring (bicyclic) bond motifs is 2. The van der Waals surface area contributed by atoms with Crippen LogP contribution in [0.25, 0.3) is 22.1 Å². The number of ether oxygens (including phenoxy) is 2. The Morgan fingerprint density at radius 1 is 1.03 bits per heavy atom. The third kappa shape index (κ3) is 3.52. The average molecular weight is 413 g/mol. The number of hydrogen-bond donors (Lipinski definition) is 0. The molecule has 0 N–H and O–H groups in total. The largest absolute Gasteiger partial charge is 0.494 e. The van der Waals surface area contributed by atoms with Crippen LogP contribution in [-0.4, -0.2) is 13.3 Å². The summed E-state index contributed by atoms with van der Waals surface area (Å²) < 4.78 is 17.3. The van der Waals surface area contributed by atoms with Crippen LogP contribution >= 0.6 is 0 Å². The Hall–Kier alpha value is -3.73. The van der Waals surface area contributed by atoms with E-state index in [1.165, 1.54) is 0 Å². The van der Waals surface area contributed by atoms with E-state index in [-0.39, 0.29) is 5.63 Å². The molecule has 156 valence electrons. The maximum absolute atomic E-state index is 12.3. The Labute approximate surface area is 180 Å². The lowest BCUT2D eigenvalue weighted by Crippen LogP contribution is -2.32. The highest BCUT2D eigenvalue weighted by molar-refractivity contribution is 5.96. The van der Waals surface area contributed by atoms with Crippen LogP contribution in [0, 0.1) is 6.92 Å². The highest BCUT2D eigenvalue weighted by Crippen LogP contribution is 2.39. The van der Waals surface area contributed by atoms with Gasteiger partial charge in [0.15, 0.2) is 6.73 Å². The van der Waals surface area contributed by atoms with Crippen molar-refractivity contribution in [3.05, 3.63) is 88.3 Å². The Morgan fingerprint density at radius 2 is 1.81 bits per heavy atom. The van der Waals surface area contributed by atoms with Gasteiger partial charge in [0.25, 0.3) is 0 Å². The molecule has 1 aromatic heterocycles. The van der Waals surface area contributed by atoms with Crippen molar-refractivity contribution < 1.29 is 13.9 Å². The number of rotatable bonds is 4. The number of hydrogen-bond acceptors (Lipinski definition) is 5. The predicted molar refractivity (Wildman–Crippen MR) is 122 cm³/mol. The number of anilines is 1. The molecule has 0 atom stereocenters. The second kappa shape index (κ2) is 7.84. The van der Waals surface area contributed by atoms with Crippen LogP contribution in [0.2, 0.25) is 0 Å². The number of aryl methyl sites for hydroxylation is 1. The summed E-state index contributed by atoms with van der Waals surface area (Å²) in [4.78, 5) is 14.5. The second-order valence-corrected chi connectivity index (χ2v) is 7.61. The van der Waals surface area contributed by atoms with Gasteiger partial charge in [-0.2, -0.15) is 0 Å². The van der Waals surface area contributed by atoms with E-state index in [1.807, 2.05) is 68.4 Å². The smallest absolute Gasteiger partial charge is 0.336 e. The van der Waals surface area contributed by atoms with Crippen molar-refractivity contribution in [3.8, 4) is 22.6 Å². The van der Waals surface area contributed by atoms with Crippen molar-refractivity contribution in [1.82, 2.24) is 0 Å². The molecular weight excluding hydrogens is 390 g/mol. The maximum atomic E-state index is 12.3. The lowest BCUT2D eigenvalue weighted by atomic mass is 9.97. The quantitative estimate of drug-likeness (QED) is 0.412. The topological polar surface area (TPSA) is 51.9 Å². The van der Waals surface area contributed by atoms with Crippen molar-refractivity contribution in [2.75, 3.05) is 18.2 Å². The molecule has 5 heteroatoms. The highest BCUT2D eigenvalue weighted by atomic mass is 16.5. The van der Waals surface area contributed by atoms with Gasteiger partial charge in [-0.1, -0.05) is 30.3 Å². The van der Waals surface area contributed by atoms with Gasteiger partial charge in [-0.05, 0) is 55.3 Å². The third-order valence-electron chi connectivity index (χ3n) is 5.61. The molecule has 5 nitrogen and oxygen atoms in total. The van der Waals surface area contributed by atoms with Crippen molar-refractivity contribution in [2.24, 2.45) is 0 Å². The van der Waals surface area contributed by atoms with E-state index in [2.05, 4.69) is 11.0 Å². The molecule has 3 aromatic carbocycles. The van der Waals surface area contributed by atoms with E-state index in [0.29, 0.717) is 25.5 Å². The first-order valence-corrected chi connectivity index (χ1v) is 10.4. The zero-order valence-electron chi connectivity index (χ0n) is 17.6. The summed E-state index contributed by atoms with van der Waals surface area (Å²) in [6.07, 6.45) is 0. The summed E-state index contributed by atoms with van der Waals surface area (Å²) >= 11 is 0. The minimum atomic E-state index is -0.360. The van der Waals surface area contributed by atoms with Crippen molar-refractivity contribution >= 4 is 16.7 Å². The molecule has 0 bridgehead atoms. The van der Waals surface area contributed by atoms with Crippen molar-refractivity contribution in [2.45, 2.75) is 20.4 Å². The average Bonchev–Trinajstić information content (AvgIpc) is 2.80. The molecule has 0 saturated carbocycles. The molecule has 0 unspecified atom stereocenters. The Kier molecular flexibility index (Phi) is 4.86. The first-order valence-electron chi connectivity index (χ1n) is 10.4. The van der Waals surface area contributed by atoms with Crippen LogP contribution in [-0.2, 0) is 6.54 Å². The van der Waals surface area contributed by atoms with Gasteiger partial charge < -0.3 is 18.8 Å². The molecule has 0 amide bonds. The zero-order valence-corrected chi connectivity index (χ0v) is 17.6. The first kappa shape index (κ1) is 19.2. The Bertz CT molecular complexity index is 1290. The fourth-order valence-corrected chi connectivity index (χ4v) is 4.16. The van der Waals surface area contributed by atoms with E-state index in [4.69, 9.17) is 13.9 Å². The van der Waals surface area contributed by atoms with Gasteiger partial charge in [0, 0.05) is 34.8 Å². The second-order valence-electron chi connectivity index (χ2n) is 7.61. The highest BCUT2D eigenvalue weighted by Gasteiger charge is 2.23.